The van der Waals surface area contributed by atoms with E-state index in [1.54, 1.807) is 67.5 Å². The van der Waals surface area contributed by atoms with Gasteiger partial charge in [-0.05, 0) is 55.3 Å². The molecule has 3 rings (SSSR count). The van der Waals surface area contributed by atoms with Crippen LogP contribution in [0.3, 0.4) is 0 Å². The van der Waals surface area contributed by atoms with Crippen molar-refractivity contribution < 1.29 is 28.6 Å². The summed E-state index contributed by atoms with van der Waals surface area (Å²) in [5.41, 5.74) is 2.70. The second-order valence-corrected chi connectivity index (χ2v) is 8.32. The van der Waals surface area contributed by atoms with Crippen molar-refractivity contribution in [1.29, 1.82) is 0 Å². The monoisotopic (exact) mass is 495 g/mol. The number of ether oxygens (including phenoxy) is 3. The Bertz CT molecular complexity index is 1100. The lowest BCUT2D eigenvalue weighted by atomic mass is 9.94. The third-order valence-electron chi connectivity index (χ3n) is 5.93. The Labute approximate surface area is 211 Å². The molecule has 1 atom stereocenters. The zero-order valence-electron chi connectivity index (χ0n) is 21.1. The molecule has 3 amide bonds. The molecule has 1 aliphatic rings. The summed E-state index contributed by atoms with van der Waals surface area (Å²) in [6.45, 7) is 4.69. The first-order chi connectivity index (χ1) is 17.4. The maximum Gasteiger partial charge on any atom is 0.338 e. The number of hydrogen-bond donors (Lipinski definition) is 2. The van der Waals surface area contributed by atoms with Crippen molar-refractivity contribution in [2.45, 2.75) is 32.7 Å². The lowest BCUT2D eigenvalue weighted by Crippen LogP contribution is -2.48. The van der Waals surface area contributed by atoms with E-state index in [2.05, 4.69) is 10.6 Å². The molecule has 0 saturated carbocycles. The first-order valence-electron chi connectivity index (χ1n) is 11.9. The number of methoxy groups -OCH3 is 2. The topological polar surface area (TPSA) is 106 Å². The summed E-state index contributed by atoms with van der Waals surface area (Å²) in [5, 5.41) is 5.79. The number of amides is 3. The molecule has 0 aromatic heterocycles. The van der Waals surface area contributed by atoms with Gasteiger partial charge in [-0.25, -0.2) is 9.59 Å². The zero-order chi connectivity index (χ0) is 26.1. The minimum atomic E-state index is -0.684. The van der Waals surface area contributed by atoms with Gasteiger partial charge < -0.3 is 24.8 Å². The average molecular weight is 496 g/mol. The van der Waals surface area contributed by atoms with Crippen LogP contribution in [0.1, 0.15) is 48.7 Å². The van der Waals surface area contributed by atoms with Crippen LogP contribution in [0.15, 0.2) is 59.8 Å². The number of unbranched alkanes of at least 4 members (excludes halogenated alkanes) is 1. The third-order valence-corrected chi connectivity index (χ3v) is 5.93. The van der Waals surface area contributed by atoms with Crippen LogP contribution in [0.25, 0.3) is 0 Å². The maximum atomic E-state index is 13.0. The predicted octanol–water partition coefficient (Wildman–Crippen LogP) is 4.28. The van der Waals surface area contributed by atoms with Gasteiger partial charge in [0.1, 0.15) is 12.4 Å². The van der Waals surface area contributed by atoms with Gasteiger partial charge in [0.15, 0.2) is 0 Å². The number of anilines is 1. The normalized spacial score (nSPS) is 15.4. The Kier molecular flexibility index (Phi) is 9.46. The number of hydrogen-bond acceptors (Lipinski definition) is 6. The number of allylic oxidation sites excluding steroid dienone is 1. The van der Waals surface area contributed by atoms with Gasteiger partial charge in [0, 0.05) is 30.6 Å². The largest absolute Gasteiger partial charge is 0.497 e. The third kappa shape index (κ3) is 6.42. The van der Waals surface area contributed by atoms with Crippen LogP contribution >= 0.6 is 0 Å². The van der Waals surface area contributed by atoms with Crippen LogP contribution in [-0.2, 0) is 14.3 Å². The average Bonchev–Trinajstić information content (AvgIpc) is 2.88. The van der Waals surface area contributed by atoms with Gasteiger partial charge in [-0.15, -0.1) is 0 Å². The van der Waals surface area contributed by atoms with Crippen molar-refractivity contribution >= 4 is 23.6 Å². The Morgan fingerprint density at radius 2 is 1.72 bits per heavy atom. The van der Waals surface area contributed by atoms with Crippen LogP contribution in [0.2, 0.25) is 0 Å². The number of urea groups is 1. The quantitative estimate of drug-likeness (QED) is 0.356. The summed E-state index contributed by atoms with van der Waals surface area (Å²) < 4.78 is 15.5. The molecule has 2 aromatic rings. The molecule has 0 aliphatic carbocycles. The predicted molar refractivity (Wildman–Crippen MR) is 136 cm³/mol. The Morgan fingerprint density at radius 1 is 1.03 bits per heavy atom. The fraction of sp³-hybridized carbons (Fsp3) is 0.370. The van der Waals surface area contributed by atoms with E-state index in [1.807, 2.05) is 6.92 Å². The van der Waals surface area contributed by atoms with E-state index in [1.165, 1.54) is 7.11 Å². The Hall–Kier alpha value is -3.85. The number of esters is 1. The summed E-state index contributed by atoms with van der Waals surface area (Å²) in [4.78, 5) is 40.1. The van der Waals surface area contributed by atoms with E-state index in [9.17, 15) is 14.4 Å². The smallest absolute Gasteiger partial charge is 0.338 e. The van der Waals surface area contributed by atoms with Gasteiger partial charge in [-0.1, -0.05) is 25.5 Å². The van der Waals surface area contributed by atoms with Crippen molar-refractivity contribution in [3.8, 4) is 5.75 Å². The molecule has 0 bridgehead atoms. The summed E-state index contributed by atoms with van der Waals surface area (Å²) in [6.07, 6.45) is 1.72. The number of nitrogens with one attached hydrogen (secondary N) is 2. The number of carbonyl (C=O) groups excluding carboxylic acids is 3. The van der Waals surface area contributed by atoms with Gasteiger partial charge >= 0.3 is 12.0 Å². The second-order valence-electron chi connectivity index (χ2n) is 8.32. The van der Waals surface area contributed by atoms with Crippen LogP contribution in [0.5, 0.6) is 5.75 Å². The summed E-state index contributed by atoms with van der Waals surface area (Å²) in [6, 6.07) is 12.8. The Morgan fingerprint density at radius 3 is 2.33 bits per heavy atom. The molecule has 2 N–H and O–H groups in total. The first kappa shape index (κ1) is 26.7. The molecule has 9 nitrogen and oxygen atoms in total. The molecule has 1 aliphatic heterocycles. The van der Waals surface area contributed by atoms with Crippen molar-refractivity contribution in [2.24, 2.45) is 0 Å². The zero-order valence-corrected chi connectivity index (χ0v) is 21.1. The number of carbonyl (C=O) groups is 3. The van der Waals surface area contributed by atoms with Crippen molar-refractivity contribution in [1.82, 2.24) is 10.2 Å². The van der Waals surface area contributed by atoms with E-state index in [4.69, 9.17) is 14.2 Å². The van der Waals surface area contributed by atoms with E-state index in [-0.39, 0.29) is 25.2 Å². The second kappa shape index (κ2) is 12.7. The highest BCUT2D eigenvalue weighted by Crippen LogP contribution is 2.32. The Balaban J connectivity index is 1.82. The van der Waals surface area contributed by atoms with Gasteiger partial charge in [0.25, 0.3) is 5.91 Å². The highest BCUT2D eigenvalue weighted by atomic mass is 16.6. The van der Waals surface area contributed by atoms with Crippen LogP contribution in [0.4, 0.5) is 10.5 Å². The molecule has 0 unspecified atom stereocenters. The number of benzene rings is 2. The lowest BCUT2D eigenvalue weighted by molar-refractivity contribution is -0.140. The molecular weight excluding hydrogens is 462 g/mol. The molecule has 0 spiro atoms. The highest BCUT2D eigenvalue weighted by molar-refractivity contribution is 6.04. The standard InChI is InChI=1S/C27H33N3O6/c1-5-6-15-30-18(2)23(26(32)36-17-16-34-3)24(29-27(30)33)19-7-11-21(12-8-19)28-25(31)20-9-13-22(35-4)14-10-20/h7-14,24H,5-6,15-17H2,1-4H3,(H,28,31)(H,29,33)/t24-/m1/s1. The van der Waals surface area contributed by atoms with E-state index < -0.39 is 12.0 Å². The van der Waals surface area contributed by atoms with Crippen molar-refractivity contribution in [3.63, 3.8) is 0 Å². The van der Waals surface area contributed by atoms with E-state index in [0.29, 0.717) is 40.4 Å². The van der Waals surface area contributed by atoms with Gasteiger partial charge in [-0.3, -0.25) is 9.69 Å². The van der Waals surface area contributed by atoms with Gasteiger partial charge in [0.2, 0.25) is 0 Å². The van der Waals surface area contributed by atoms with Crippen molar-refractivity contribution in [2.75, 3.05) is 39.3 Å². The molecule has 1 heterocycles. The highest BCUT2D eigenvalue weighted by Gasteiger charge is 2.36. The number of rotatable bonds is 11. The summed E-state index contributed by atoms with van der Waals surface area (Å²) in [5.74, 6) is -0.104. The van der Waals surface area contributed by atoms with Crippen LogP contribution in [0, 0.1) is 0 Å². The van der Waals surface area contributed by atoms with Gasteiger partial charge in [0.05, 0.1) is 25.3 Å². The van der Waals surface area contributed by atoms with Crippen LogP contribution in [-0.4, -0.2) is 56.8 Å². The molecule has 9 heteroatoms. The summed E-state index contributed by atoms with van der Waals surface area (Å²) >= 11 is 0. The van der Waals surface area contributed by atoms with Crippen LogP contribution < -0.4 is 15.4 Å². The van der Waals surface area contributed by atoms with E-state index in [0.717, 1.165) is 12.8 Å². The molecule has 192 valence electrons. The molecule has 0 saturated heterocycles. The maximum absolute atomic E-state index is 13.0. The first-order valence-corrected chi connectivity index (χ1v) is 11.9. The fourth-order valence-corrected chi connectivity index (χ4v) is 3.88. The van der Waals surface area contributed by atoms with Crippen molar-refractivity contribution in [3.05, 3.63) is 70.9 Å². The van der Waals surface area contributed by atoms with E-state index >= 15 is 0 Å². The lowest BCUT2D eigenvalue weighted by Gasteiger charge is -2.35. The minimum absolute atomic E-state index is 0.109. The molecule has 2 aromatic carbocycles. The SMILES string of the molecule is CCCCN1C(=O)N[C@H](c2ccc(NC(=O)c3ccc(OC)cc3)cc2)C(C(=O)OCCOC)=C1C. The number of nitrogens with zero attached hydrogens (tertiary/aromatic N) is 1. The molecular formula is C27H33N3O6. The van der Waals surface area contributed by atoms with Gasteiger partial charge in [-0.2, -0.15) is 0 Å². The molecule has 0 radical (unpaired) electrons. The minimum Gasteiger partial charge on any atom is -0.497 e. The molecule has 0 fully saturated rings. The fourth-order valence-electron chi connectivity index (χ4n) is 3.88. The summed E-state index contributed by atoms with van der Waals surface area (Å²) in [7, 11) is 3.10. The molecule has 36 heavy (non-hydrogen) atoms.